The minimum atomic E-state index is -1.14. The molecule has 1 unspecified atom stereocenters. The lowest BCUT2D eigenvalue weighted by Gasteiger charge is -2.15. The van der Waals surface area contributed by atoms with Gasteiger partial charge in [0.05, 0.1) is 19.4 Å². The fraction of sp³-hybridized carbons (Fsp3) is 0.727. The van der Waals surface area contributed by atoms with Crippen molar-refractivity contribution >= 4 is 17.9 Å². The number of hydrogen-bond donors (Lipinski definition) is 3. The van der Waals surface area contributed by atoms with Crippen LogP contribution in [-0.4, -0.2) is 47.3 Å². The second-order valence-electron chi connectivity index (χ2n) is 3.77. The Morgan fingerprint density at radius 2 is 1.89 bits per heavy atom. The van der Waals surface area contributed by atoms with Crippen LogP contribution in [-0.2, 0) is 19.1 Å². The molecule has 0 heterocycles. The van der Waals surface area contributed by atoms with Gasteiger partial charge in [-0.15, -0.1) is 0 Å². The molecule has 104 valence electrons. The molecule has 0 spiro atoms. The quantitative estimate of drug-likeness (QED) is 0.381. The van der Waals surface area contributed by atoms with E-state index in [2.05, 4.69) is 5.32 Å². The Hall–Kier alpha value is -1.63. The van der Waals surface area contributed by atoms with Gasteiger partial charge in [0.25, 0.3) is 0 Å². The molecule has 3 N–H and O–H groups in total. The molecule has 0 rings (SSSR count). The molecule has 0 aliphatic carbocycles. The third kappa shape index (κ3) is 8.51. The Bertz CT molecular complexity index is 291. The monoisotopic (exact) mass is 261 g/mol. The maximum Gasteiger partial charge on any atom is 0.323 e. The zero-order valence-electron chi connectivity index (χ0n) is 10.3. The van der Waals surface area contributed by atoms with E-state index in [1.54, 1.807) is 0 Å². The smallest absolute Gasteiger partial charge is 0.323 e. The van der Waals surface area contributed by atoms with E-state index in [9.17, 15) is 14.4 Å². The Balaban J connectivity index is 4.15. The number of carbonyl (C=O) groups is 3. The van der Waals surface area contributed by atoms with Crippen LogP contribution in [0.2, 0.25) is 0 Å². The van der Waals surface area contributed by atoms with Crippen LogP contribution in [0.1, 0.15) is 32.6 Å². The molecule has 0 radical (unpaired) electrons. The average molecular weight is 261 g/mol. The van der Waals surface area contributed by atoms with Crippen molar-refractivity contribution in [3.63, 3.8) is 0 Å². The predicted octanol–water partition coefficient (Wildman–Crippen LogP) is 0.237. The molecule has 0 amide bonds. The Kier molecular flexibility index (Phi) is 8.55. The highest BCUT2D eigenvalue weighted by Crippen LogP contribution is 1.99. The summed E-state index contributed by atoms with van der Waals surface area (Å²) in [5.41, 5.74) is 0. The molecule has 0 saturated heterocycles. The molecule has 0 fully saturated rings. The van der Waals surface area contributed by atoms with Crippen LogP contribution < -0.4 is 5.32 Å². The van der Waals surface area contributed by atoms with Crippen molar-refractivity contribution in [3.05, 3.63) is 0 Å². The highest BCUT2D eigenvalue weighted by atomic mass is 16.5. The van der Waals surface area contributed by atoms with Crippen LogP contribution in [0.25, 0.3) is 0 Å². The Morgan fingerprint density at radius 3 is 2.39 bits per heavy atom. The van der Waals surface area contributed by atoms with Crippen LogP contribution >= 0.6 is 0 Å². The van der Waals surface area contributed by atoms with E-state index in [0.29, 0.717) is 6.42 Å². The third-order valence-corrected chi connectivity index (χ3v) is 2.14. The summed E-state index contributed by atoms with van der Waals surface area (Å²) < 4.78 is 4.89. The lowest BCUT2D eigenvalue weighted by atomic mass is 10.2. The number of ether oxygens (including phenoxy) is 1. The standard InChI is InChI=1S/C11H19NO6/c1-2-3-6-18-11(17)8(7-10(15)16)12-5-4-9(13)14/h8,12H,2-7H2,1H3,(H,13,14)(H,15,16). The van der Waals surface area contributed by atoms with Crippen LogP contribution in [0.15, 0.2) is 0 Å². The zero-order chi connectivity index (χ0) is 14.0. The molecule has 0 aromatic rings. The van der Waals surface area contributed by atoms with Gasteiger partial charge in [-0.3, -0.25) is 14.4 Å². The minimum absolute atomic E-state index is 0.0240. The summed E-state index contributed by atoms with van der Waals surface area (Å²) in [7, 11) is 0. The van der Waals surface area contributed by atoms with Gasteiger partial charge in [-0.2, -0.15) is 0 Å². The molecule has 18 heavy (non-hydrogen) atoms. The molecule has 7 heteroatoms. The molecule has 0 bridgehead atoms. The fourth-order valence-corrected chi connectivity index (χ4v) is 1.18. The van der Waals surface area contributed by atoms with E-state index in [-0.39, 0.29) is 19.6 Å². The molecular weight excluding hydrogens is 242 g/mol. The maximum atomic E-state index is 11.5. The molecule has 0 aromatic carbocycles. The van der Waals surface area contributed by atoms with Crippen LogP contribution in [0.5, 0.6) is 0 Å². The molecule has 0 aliphatic heterocycles. The van der Waals surface area contributed by atoms with Gasteiger partial charge in [-0.1, -0.05) is 13.3 Å². The number of carboxylic acid groups (broad SMARTS) is 2. The number of hydrogen-bond acceptors (Lipinski definition) is 5. The molecule has 7 nitrogen and oxygen atoms in total. The van der Waals surface area contributed by atoms with Crippen LogP contribution in [0, 0.1) is 0 Å². The minimum Gasteiger partial charge on any atom is -0.481 e. The van der Waals surface area contributed by atoms with E-state index >= 15 is 0 Å². The van der Waals surface area contributed by atoms with Crippen molar-refractivity contribution in [2.24, 2.45) is 0 Å². The predicted molar refractivity (Wildman–Crippen MR) is 62.2 cm³/mol. The van der Waals surface area contributed by atoms with Crippen molar-refractivity contribution in [1.29, 1.82) is 0 Å². The first kappa shape index (κ1) is 16.4. The van der Waals surface area contributed by atoms with Crippen molar-refractivity contribution in [2.45, 2.75) is 38.6 Å². The second-order valence-corrected chi connectivity index (χ2v) is 3.77. The van der Waals surface area contributed by atoms with Gasteiger partial charge in [0.15, 0.2) is 0 Å². The lowest BCUT2D eigenvalue weighted by molar-refractivity contribution is -0.150. The first-order chi connectivity index (χ1) is 8.47. The fourth-order valence-electron chi connectivity index (χ4n) is 1.18. The molecule has 1 atom stereocenters. The third-order valence-electron chi connectivity index (χ3n) is 2.14. The van der Waals surface area contributed by atoms with Crippen molar-refractivity contribution in [2.75, 3.05) is 13.2 Å². The zero-order valence-corrected chi connectivity index (χ0v) is 10.3. The van der Waals surface area contributed by atoms with E-state index in [4.69, 9.17) is 14.9 Å². The number of unbranched alkanes of at least 4 members (excludes halogenated alkanes) is 1. The summed E-state index contributed by atoms with van der Waals surface area (Å²) in [6, 6.07) is -1.00. The van der Waals surface area contributed by atoms with E-state index in [1.807, 2.05) is 6.92 Å². The van der Waals surface area contributed by atoms with Gasteiger partial charge >= 0.3 is 17.9 Å². The van der Waals surface area contributed by atoms with Gasteiger partial charge in [-0.05, 0) is 6.42 Å². The molecule has 0 aliphatic rings. The van der Waals surface area contributed by atoms with Gasteiger partial charge in [0.2, 0.25) is 0 Å². The van der Waals surface area contributed by atoms with Crippen LogP contribution in [0.3, 0.4) is 0 Å². The topological polar surface area (TPSA) is 113 Å². The summed E-state index contributed by atoms with van der Waals surface area (Å²) in [4.78, 5) is 32.4. The molecule has 0 saturated carbocycles. The summed E-state index contributed by atoms with van der Waals surface area (Å²) >= 11 is 0. The first-order valence-electron chi connectivity index (χ1n) is 5.81. The average Bonchev–Trinajstić information content (AvgIpc) is 2.27. The molecular formula is C11H19NO6. The normalized spacial score (nSPS) is 11.8. The summed E-state index contributed by atoms with van der Waals surface area (Å²) in [5.74, 6) is -2.82. The van der Waals surface area contributed by atoms with Gasteiger partial charge in [0, 0.05) is 6.54 Å². The Morgan fingerprint density at radius 1 is 1.22 bits per heavy atom. The maximum absolute atomic E-state index is 11.5. The number of carbonyl (C=O) groups excluding carboxylic acids is 1. The number of rotatable bonds is 10. The van der Waals surface area contributed by atoms with Gasteiger partial charge in [-0.25, -0.2) is 0 Å². The number of aliphatic carboxylic acids is 2. The Labute approximate surface area is 105 Å². The van der Waals surface area contributed by atoms with Crippen molar-refractivity contribution in [3.8, 4) is 0 Å². The largest absolute Gasteiger partial charge is 0.481 e. The lowest BCUT2D eigenvalue weighted by Crippen LogP contribution is -2.40. The number of nitrogens with one attached hydrogen (secondary N) is 1. The van der Waals surface area contributed by atoms with E-state index in [0.717, 1.165) is 6.42 Å². The number of carboxylic acids is 2. The summed E-state index contributed by atoms with van der Waals surface area (Å²) in [6.07, 6.45) is 0.965. The first-order valence-corrected chi connectivity index (χ1v) is 5.81. The number of esters is 1. The van der Waals surface area contributed by atoms with Crippen molar-refractivity contribution < 1.29 is 29.3 Å². The van der Waals surface area contributed by atoms with Gasteiger partial charge < -0.3 is 20.3 Å². The SMILES string of the molecule is CCCCOC(=O)C(CC(=O)O)NCCC(=O)O. The van der Waals surface area contributed by atoms with E-state index < -0.39 is 30.4 Å². The summed E-state index contributed by atoms with van der Waals surface area (Å²) in [5, 5.41) is 19.7. The summed E-state index contributed by atoms with van der Waals surface area (Å²) in [6.45, 7) is 2.20. The van der Waals surface area contributed by atoms with E-state index in [1.165, 1.54) is 0 Å². The highest BCUT2D eigenvalue weighted by molar-refractivity contribution is 5.82. The van der Waals surface area contributed by atoms with Crippen molar-refractivity contribution in [1.82, 2.24) is 5.32 Å². The van der Waals surface area contributed by atoms with Gasteiger partial charge in [0.1, 0.15) is 6.04 Å². The molecule has 0 aromatic heterocycles. The van der Waals surface area contributed by atoms with Crippen LogP contribution in [0.4, 0.5) is 0 Å². The second kappa shape index (κ2) is 9.41. The highest BCUT2D eigenvalue weighted by Gasteiger charge is 2.22.